The van der Waals surface area contributed by atoms with Gasteiger partial charge in [0.05, 0.1) is 11.3 Å². The van der Waals surface area contributed by atoms with Crippen LogP contribution in [0.25, 0.3) is 0 Å². The second kappa shape index (κ2) is 9.55. The average Bonchev–Trinajstić information content (AvgIpc) is 2.88. The number of rotatable bonds is 5. The zero-order chi connectivity index (χ0) is 24.4. The molecule has 3 aromatic rings. The van der Waals surface area contributed by atoms with E-state index in [9.17, 15) is 19.2 Å². The predicted molar refractivity (Wildman–Crippen MR) is 129 cm³/mol. The molecule has 0 radical (unpaired) electrons. The lowest BCUT2D eigenvalue weighted by atomic mass is 9.77. The number of ketones is 1. The first-order valence-corrected chi connectivity index (χ1v) is 11.6. The highest BCUT2D eigenvalue weighted by atomic mass is 19.1. The summed E-state index contributed by atoms with van der Waals surface area (Å²) in [7, 11) is 0. The molecule has 3 aromatic carbocycles. The first kappa shape index (κ1) is 22.5. The number of carbonyl (C=O) groups excluding carboxylic acids is 2. The molecular formula is C29H23FN2O3. The smallest absolute Gasteiger partial charge is 0.232 e. The maximum atomic E-state index is 13.4. The topological polar surface area (TPSA) is 70.4 Å². The van der Waals surface area contributed by atoms with Crippen molar-refractivity contribution >= 4 is 17.4 Å². The zero-order valence-electron chi connectivity index (χ0n) is 19.0. The Bertz CT molecular complexity index is 1350. The Labute approximate surface area is 203 Å². The molecule has 174 valence electrons. The molecule has 1 unspecified atom stereocenters. The van der Waals surface area contributed by atoms with Gasteiger partial charge < -0.3 is 4.74 Å². The second-order valence-corrected chi connectivity index (χ2v) is 8.74. The van der Waals surface area contributed by atoms with Crippen LogP contribution in [0.4, 0.5) is 10.1 Å². The van der Waals surface area contributed by atoms with Crippen LogP contribution >= 0.6 is 0 Å². The normalized spacial score (nSPS) is 17.7. The van der Waals surface area contributed by atoms with Gasteiger partial charge in [0.15, 0.2) is 5.78 Å². The van der Waals surface area contributed by atoms with Gasteiger partial charge in [-0.1, -0.05) is 36.4 Å². The summed E-state index contributed by atoms with van der Waals surface area (Å²) in [4.78, 5) is 28.1. The van der Waals surface area contributed by atoms with E-state index in [4.69, 9.17) is 4.74 Å². The van der Waals surface area contributed by atoms with E-state index in [1.165, 1.54) is 12.1 Å². The van der Waals surface area contributed by atoms with E-state index in [2.05, 4.69) is 6.07 Å². The number of Topliss-reactive ketones (excluding diaryl/α,β-unsaturated/α-hetero) is 1. The van der Waals surface area contributed by atoms with Gasteiger partial charge in [-0.15, -0.1) is 0 Å². The summed E-state index contributed by atoms with van der Waals surface area (Å²) >= 11 is 0. The van der Waals surface area contributed by atoms with Gasteiger partial charge in [0.2, 0.25) is 5.91 Å². The Hall–Kier alpha value is -4.24. The van der Waals surface area contributed by atoms with Gasteiger partial charge in [-0.25, -0.2) is 4.39 Å². The minimum absolute atomic E-state index is 0.0554. The van der Waals surface area contributed by atoms with E-state index >= 15 is 0 Å². The summed E-state index contributed by atoms with van der Waals surface area (Å²) in [5, 5.41) is 9.57. The van der Waals surface area contributed by atoms with E-state index in [1.54, 1.807) is 41.3 Å². The molecule has 1 aliphatic carbocycles. The van der Waals surface area contributed by atoms with E-state index in [1.807, 2.05) is 24.3 Å². The minimum Gasteiger partial charge on any atom is -0.489 e. The Morgan fingerprint density at radius 2 is 1.71 bits per heavy atom. The number of ether oxygens (including phenoxy) is 1. The average molecular weight is 467 g/mol. The Morgan fingerprint density at radius 1 is 0.971 bits per heavy atom. The fourth-order valence-electron chi connectivity index (χ4n) is 4.86. The van der Waals surface area contributed by atoms with Gasteiger partial charge in [-0.3, -0.25) is 14.5 Å². The Balaban J connectivity index is 1.44. The molecule has 1 amide bonds. The largest absolute Gasteiger partial charge is 0.489 e. The van der Waals surface area contributed by atoms with E-state index < -0.39 is 0 Å². The van der Waals surface area contributed by atoms with Crippen LogP contribution in [0.1, 0.15) is 48.3 Å². The third kappa shape index (κ3) is 4.45. The van der Waals surface area contributed by atoms with Crippen LogP contribution in [0.2, 0.25) is 0 Å². The molecule has 0 bridgehead atoms. The lowest BCUT2D eigenvalue weighted by Gasteiger charge is -2.38. The van der Waals surface area contributed by atoms with Crippen LogP contribution in [0.5, 0.6) is 5.75 Å². The summed E-state index contributed by atoms with van der Waals surface area (Å²) in [6.45, 7) is 0.308. The van der Waals surface area contributed by atoms with Gasteiger partial charge in [-0.2, -0.15) is 5.26 Å². The lowest BCUT2D eigenvalue weighted by molar-refractivity contribution is -0.119. The van der Waals surface area contributed by atoms with Crippen LogP contribution < -0.4 is 9.64 Å². The van der Waals surface area contributed by atoms with E-state index in [0.29, 0.717) is 54.1 Å². The number of anilines is 1. The lowest BCUT2D eigenvalue weighted by Crippen LogP contribution is -2.40. The van der Waals surface area contributed by atoms with Crippen molar-refractivity contribution in [2.24, 2.45) is 0 Å². The molecule has 0 N–H and O–H groups in total. The standard InChI is InChI=1S/C29H23FN2O3/c30-22-12-8-19(9-13-22)18-35-23-14-10-20(11-15-23)24-16-28(34)32(25-5-2-1-4-21(25)17-31)26-6-3-7-27(33)29(24)26/h1-2,4-5,8-15,24H,3,6-7,16,18H2. The second-order valence-electron chi connectivity index (χ2n) is 8.74. The van der Waals surface area contributed by atoms with Gasteiger partial charge >= 0.3 is 0 Å². The fraction of sp³-hybridized carbons (Fsp3) is 0.207. The van der Waals surface area contributed by atoms with Gasteiger partial charge in [0.25, 0.3) is 0 Å². The van der Waals surface area contributed by atoms with Crippen molar-refractivity contribution in [1.82, 2.24) is 0 Å². The third-order valence-corrected chi connectivity index (χ3v) is 6.54. The van der Waals surface area contributed by atoms with Crippen LogP contribution in [0.3, 0.4) is 0 Å². The summed E-state index contributed by atoms with van der Waals surface area (Å²) in [5.74, 6) is -0.0424. The number of halogens is 1. The molecule has 1 aliphatic heterocycles. The highest BCUT2D eigenvalue weighted by Crippen LogP contribution is 2.44. The maximum Gasteiger partial charge on any atom is 0.232 e. The first-order chi connectivity index (χ1) is 17.0. The van der Waals surface area contributed by atoms with Crippen molar-refractivity contribution in [3.8, 4) is 11.8 Å². The number of hydrogen-bond acceptors (Lipinski definition) is 4. The van der Waals surface area contributed by atoms with Crippen LogP contribution in [-0.4, -0.2) is 11.7 Å². The quantitative estimate of drug-likeness (QED) is 0.476. The van der Waals surface area contributed by atoms with Crippen molar-refractivity contribution in [2.45, 2.75) is 38.2 Å². The van der Waals surface area contributed by atoms with E-state index in [0.717, 1.165) is 11.1 Å². The fourth-order valence-corrected chi connectivity index (χ4v) is 4.86. The third-order valence-electron chi connectivity index (χ3n) is 6.54. The molecule has 5 nitrogen and oxygen atoms in total. The Morgan fingerprint density at radius 3 is 2.46 bits per heavy atom. The molecule has 35 heavy (non-hydrogen) atoms. The Kier molecular flexibility index (Phi) is 6.15. The number of carbonyl (C=O) groups is 2. The van der Waals surface area contributed by atoms with Crippen LogP contribution in [0.15, 0.2) is 84.1 Å². The highest BCUT2D eigenvalue weighted by Gasteiger charge is 2.40. The molecule has 0 spiro atoms. The van der Waals surface area contributed by atoms with Gasteiger partial charge in [-0.05, 0) is 60.4 Å². The number of amides is 1. The molecule has 5 rings (SSSR count). The SMILES string of the molecule is N#Cc1ccccc1N1C(=O)CC(c2ccc(OCc3ccc(F)cc3)cc2)C2=C1CCCC2=O. The number of allylic oxidation sites excluding steroid dienone is 2. The summed E-state index contributed by atoms with van der Waals surface area (Å²) < 4.78 is 18.9. The molecule has 0 aromatic heterocycles. The zero-order valence-corrected chi connectivity index (χ0v) is 19.0. The number of para-hydroxylation sites is 1. The molecule has 1 atom stereocenters. The number of benzene rings is 3. The number of nitriles is 1. The van der Waals surface area contributed by atoms with Crippen LogP contribution in [0, 0.1) is 17.1 Å². The van der Waals surface area contributed by atoms with Crippen molar-refractivity contribution in [3.63, 3.8) is 0 Å². The number of hydrogen-bond donors (Lipinski definition) is 0. The summed E-state index contributed by atoms with van der Waals surface area (Å²) in [5.41, 5.74) is 4.06. The predicted octanol–water partition coefficient (Wildman–Crippen LogP) is 5.80. The number of nitrogens with zero attached hydrogens (tertiary/aromatic N) is 2. The monoisotopic (exact) mass is 466 g/mol. The molecule has 0 saturated heterocycles. The maximum absolute atomic E-state index is 13.4. The van der Waals surface area contributed by atoms with Crippen molar-refractivity contribution in [1.29, 1.82) is 5.26 Å². The minimum atomic E-state index is -0.332. The van der Waals surface area contributed by atoms with Gasteiger partial charge in [0.1, 0.15) is 24.2 Å². The van der Waals surface area contributed by atoms with Crippen molar-refractivity contribution < 1.29 is 18.7 Å². The highest BCUT2D eigenvalue weighted by molar-refractivity contribution is 6.08. The molecular weight excluding hydrogens is 443 g/mol. The molecule has 0 fully saturated rings. The van der Waals surface area contributed by atoms with Crippen molar-refractivity contribution in [2.75, 3.05) is 4.90 Å². The first-order valence-electron chi connectivity index (χ1n) is 11.6. The van der Waals surface area contributed by atoms with Crippen LogP contribution in [-0.2, 0) is 16.2 Å². The van der Waals surface area contributed by atoms with E-state index in [-0.39, 0.29) is 29.8 Å². The summed E-state index contributed by atoms with van der Waals surface area (Å²) in [6.07, 6.45) is 1.90. The van der Waals surface area contributed by atoms with Crippen molar-refractivity contribution in [3.05, 3.63) is 107 Å². The summed E-state index contributed by atoms with van der Waals surface area (Å²) in [6, 6.07) is 22.7. The molecule has 0 saturated carbocycles. The molecule has 1 heterocycles. The molecule has 2 aliphatic rings. The van der Waals surface area contributed by atoms with Gasteiger partial charge in [0, 0.05) is 30.0 Å². The molecule has 6 heteroatoms.